The Hall–Kier alpha value is -1.29. The summed E-state index contributed by atoms with van der Waals surface area (Å²) in [7, 11) is 0. The topological polar surface area (TPSA) is 54.0 Å². The summed E-state index contributed by atoms with van der Waals surface area (Å²) in [6.45, 7) is 5.75. The second-order valence-electron chi connectivity index (χ2n) is 5.81. The average Bonchev–Trinajstić information content (AvgIpc) is 2.48. The summed E-state index contributed by atoms with van der Waals surface area (Å²) in [6, 6.07) is 1.71. The van der Waals surface area contributed by atoms with Gasteiger partial charge in [-0.15, -0.1) is 0 Å². The number of nitrogens with zero attached hydrogens (tertiary/aromatic N) is 1. The average molecular weight is 310 g/mol. The second-order valence-corrected chi connectivity index (χ2v) is 6.22. The SMILES string of the molecule is CCNc1cc(C(=O)NCC2CCCCC2C)c(Cl)cn1. The molecule has 1 aromatic heterocycles. The lowest BCUT2D eigenvalue weighted by Gasteiger charge is -2.28. The van der Waals surface area contributed by atoms with Gasteiger partial charge in [0.1, 0.15) is 5.82 Å². The summed E-state index contributed by atoms with van der Waals surface area (Å²) in [4.78, 5) is 16.5. The number of carbonyl (C=O) groups excluding carboxylic acids is 1. The Morgan fingerprint density at radius 3 is 2.90 bits per heavy atom. The first-order valence-electron chi connectivity index (χ1n) is 7.79. The first-order valence-corrected chi connectivity index (χ1v) is 8.17. The molecule has 116 valence electrons. The molecule has 2 rings (SSSR count). The van der Waals surface area contributed by atoms with E-state index in [1.165, 1.54) is 31.9 Å². The van der Waals surface area contributed by atoms with Crippen molar-refractivity contribution in [1.29, 1.82) is 0 Å². The molecular weight excluding hydrogens is 286 g/mol. The molecule has 0 bridgehead atoms. The van der Waals surface area contributed by atoms with Crippen LogP contribution >= 0.6 is 11.6 Å². The van der Waals surface area contributed by atoms with E-state index in [4.69, 9.17) is 11.6 Å². The van der Waals surface area contributed by atoms with Crippen LogP contribution in [0.4, 0.5) is 5.82 Å². The summed E-state index contributed by atoms with van der Waals surface area (Å²) in [5, 5.41) is 6.52. The highest BCUT2D eigenvalue weighted by Crippen LogP contribution is 2.29. The molecule has 1 aliphatic carbocycles. The fourth-order valence-electron chi connectivity index (χ4n) is 2.91. The van der Waals surface area contributed by atoms with Crippen LogP contribution in [0.25, 0.3) is 0 Å². The highest BCUT2D eigenvalue weighted by atomic mass is 35.5. The molecule has 0 saturated heterocycles. The Bertz CT molecular complexity index is 492. The first-order chi connectivity index (χ1) is 10.1. The number of pyridine rings is 1. The van der Waals surface area contributed by atoms with Gasteiger partial charge in [-0.1, -0.05) is 37.8 Å². The highest BCUT2D eigenvalue weighted by molar-refractivity contribution is 6.33. The van der Waals surface area contributed by atoms with Gasteiger partial charge in [0, 0.05) is 19.3 Å². The van der Waals surface area contributed by atoms with Crippen molar-refractivity contribution in [2.45, 2.75) is 39.5 Å². The van der Waals surface area contributed by atoms with E-state index in [9.17, 15) is 4.79 Å². The van der Waals surface area contributed by atoms with Gasteiger partial charge in [0.2, 0.25) is 0 Å². The molecule has 2 atom stereocenters. The maximum Gasteiger partial charge on any atom is 0.253 e. The molecule has 1 aromatic rings. The van der Waals surface area contributed by atoms with Gasteiger partial charge in [-0.25, -0.2) is 4.98 Å². The van der Waals surface area contributed by atoms with Gasteiger partial charge in [0.05, 0.1) is 10.6 Å². The third-order valence-corrected chi connectivity index (χ3v) is 4.57. The Kier molecular flexibility index (Phi) is 5.85. The zero-order valence-corrected chi connectivity index (χ0v) is 13.5. The smallest absolute Gasteiger partial charge is 0.253 e. The van der Waals surface area contributed by atoms with Crippen molar-refractivity contribution in [1.82, 2.24) is 10.3 Å². The minimum absolute atomic E-state index is 0.112. The molecule has 1 amide bonds. The van der Waals surface area contributed by atoms with Crippen LogP contribution in [0.15, 0.2) is 12.3 Å². The fourth-order valence-corrected chi connectivity index (χ4v) is 3.09. The van der Waals surface area contributed by atoms with Crippen molar-refractivity contribution >= 4 is 23.3 Å². The van der Waals surface area contributed by atoms with Crippen LogP contribution in [0.2, 0.25) is 5.02 Å². The Morgan fingerprint density at radius 2 is 2.19 bits per heavy atom. The van der Waals surface area contributed by atoms with E-state index in [2.05, 4.69) is 22.5 Å². The van der Waals surface area contributed by atoms with Gasteiger partial charge in [-0.3, -0.25) is 4.79 Å². The van der Waals surface area contributed by atoms with E-state index >= 15 is 0 Å². The minimum Gasteiger partial charge on any atom is -0.370 e. The van der Waals surface area contributed by atoms with E-state index in [1.54, 1.807) is 6.07 Å². The van der Waals surface area contributed by atoms with E-state index in [0.717, 1.165) is 13.1 Å². The lowest BCUT2D eigenvalue weighted by atomic mass is 9.80. The molecule has 1 saturated carbocycles. The van der Waals surface area contributed by atoms with E-state index in [-0.39, 0.29) is 5.91 Å². The molecule has 1 fully saturated rings. The van der Waals surface area contributed by atoms with Crippen LogP contribution in [-0.2, 0) is 0 Å². The van der Waals surface area contributed by atoms with Crippen LogP contribution in [0, 0.1) is 11.8 Å². The predicted octanol–water partition coefficient (Wildman–Crippen LogP) is 3.72. The lowest BCUT2D eigenvalue weighted by Crippen LogP contribution is -2.33. The van der Waals surface area contributed by atoms with Crippen molar-refractivity contribution in [2.75, 3.05) is 18.4 Å². The van der Waals surface area contributed by atoms with Gasteiger partial charge in [0.25, 0.3) is 5.91 Å². The third-order valence-electron chi connectivity index (χ3n) is 4.27. The van der Waals surface area contributed by atoms with Crippen molar-refractivity contribution in [3.63, 3.8) is 0 Å². The number of anilines is 1. The first kappa shape index (κ1) is 16.1. The number of carbonyl (C=O) groups is 1. The number of halogens is 1. The van der Waals surface area contributed by atoms with Crippen molar-refractivity contribution in [3.05, 3.63) is 22.8 Å². The van der Waals surface area contributed by atoms with Crippen LogP contribution in [0.3, 0.4) is 0 Å². The van der Waals surface area contributed by atoms with Gasteiger partial charge in [0.15, 0.2) is 0 Å². The number of amides is 1. The minimum atomic E-state index is -0.112. The number of hydrogen-bond acceptors (Lipinski definition) is 3. The molecule has 0 aliphatic heterocycles. The summed E-state index contributed by atoms with van der Waals surface area (Å²) in [5.41, 5.74) is 0.492. The molecule has 1 aliphatic rings. The monoisotopic (exact) mass is 309 g/mol. The number of hydrogen-bond donors (Lipinski definition) is 2. The normalized spacial score (nSPS) is 21.9. The molecule has 1 heterocycles. The summed E-state index contributed by atoms with van der Waals surface area (Å²) < 4.78 is 0. The number of nitrogens with one attached hydrogen (secondary N) is 2. The molecule has 4 nitrogen and oxygen atoms in total. The van der Waals surface area contributed by atoms with E-state index in [1.807, 2.05) is 6.92 Å². The molecule has 21 heavy (non-hydrogen) atoms. The van der Waals surface area contributed by atoms with Crippen LogP contribution in [0.5, 0.6) is 0 Å². The molecule has 0 radical (unpaired) electrons. The van der Waals surface area contributed by atoms with Gasteiger partial charge < -0.3 is 10.6 Å². The maximum atomic E-state index is 12.3. The second kappa shape index (κ2) is 7.64. The van der Waals surface area contributed by atoms with Crippen LogP contribution in [0.1, 0.15) is 49.9 Å². The zero-order chi connectivity index (χ0) is 15.2. The number of aromatic nitrogens is 1. The van der Waals surface area contributed by atoms with Gasteiger partial charge in [-0.05, 0) is 31.2 Å². The van der Waals surface area contributed by atoms with Crippen molar-refractivity contribution in [3.8, 4) is 0 Å². The van der Waals surface area contributed by atoms with Crippen LogP contribution < -0.4 is 10.6 Å². The molecular formula is C16H24ClN3O. The molecule has 0 aromatic carbocycles. The van der Waals surface area contributed by atoms with E-state index in [0.29, 0.717) is 28.2 Å². The Labute approximate surface area is 131 Å². The van der Waals surface area contributed by atoms with Gasteiger partial charge in [-0.2, -0.15) is 0 Å². The van der Waals surface area contributed by atoms with Crippen molar-refractivity contribution in [2.24, 2.45) is 11.8 Å². The Balaban J connectivity index is 1.97. The molecule has 0 spiro atoms. The zero-order valence-electron chi connectivity index (χ0n) is 12.8. The summed E-state index contributed by atoms with van der Waals surface area (Å²) in [5.74, 6) is 1.83. The third kappa shape index (κ3) is 4.34. The predicted molar refractivity (Wildman–Crippen MR) is 86.9 cm³/mol. The Morgan fingerprint density at radius 1 is 1.43 bits per heavy atom. The van der Waals surface area contributed by atoms with Crippen molar-refractivity contribution < 1.29 is 4.79 Å². The highest BCUT2D eigenvalue weighted by Gasteiger charge is 2.22. The molecule has 2 unspecified atom stereocenters. The standard InChI is InChI=1S/C16H24ClN3O/c1-3-18-15-8-13(14(17)10-19-15)16(21)20-9-12-7-5-4-6-11(12)2/h8,10-12H,3-7,9H2,1-2H3,(H,18,19)(H,20,21). The van der Waals surface area contributed by atoms with Crippen LogP contribution in [-0.4, -0.2) is 24.0 Å². The van der Waals surface area contributed by atoms with Gasteiger partial charge >= 0.3 is 0 Å². The summed E-state index contributed by atoms with van der Waals surface area (Å²) in [6.07, 6.45) is 6.58. The number of rotatable bonds is 5. The molecule has 5 heteroatoms. The maximum absolute atomic E-state index is 12.3. The van der Waals surface area contributed by atoms with E-state index < -0.39 is 0 Å². The summed E-state index contributed by atoms with van der Waals surface area (Å²) >= 11 is 6.09. The largest absolute Gasteiger partial charge is 0.370 e. The fraction of sp³-hybridized carbons (Fsp3) is 0.625. The molecule has 2 N–H and O–H groups in total. The quantitative estimate of drug-likeness (QED) is 0.871. The lowest BCUT2D eigenvalue weighted by molar-refractivity contribution is 0.0936.